The van der Waals surface area contributed by atoms with Gasteiger partial charge >= 0.3 is 5.97 Å². The molecule has 0 aromatic heterocycles. The molecule has 0 heterocycles. The standard InChI is InChI=1S/C18H25ClN2O4/c1-11(2)9-15(20-12(3)22)17(23)21-16(18(24)25-4)10-13-7-5-6-8-14(13)19/h5-8,11,15-16H,9-10H2,1-4H3,(H,20,22)(H,21,23)/t15-,16-/m0/s1. The first-order valence-electron chi connectivity index (χ1n) is 8.13. The predicted molar refractivity (Wildman–Crippen MR) is 96.2 cm³/mol. The lowest BCUT2D eigenvalue weighted by molar-refractivity contribution is -0.145. The lowest BCUT2D eigenvalue weighted by Crippen LogP contribution is -2.52. The van der Waals surface area contributed by atoms with E-state index in [2.05, 4.69) is 10.6 Å². The number of carbonyl (C=O) groups is 3. The third-order valence-electron chi connectivity index (χ3n) is 3.59. The summed E-state index contributed by atoms with van der Waals surface area (Å²) in [5.74, 6) is -1.10. The Balaban J connectivity index is 2.92. The van der Waals surface area contributed by atoms with Crippen LogP contribution < -0.4 is 10.6 Å². The van der Waals surface area contributed by atoms with Crippen molar-refractivity contribution in [2.24, 2.45) is 5.92 Å². The number of hydrogen-bond acceptors (Lipinski definition) is 4. The average Bonchev–Trinajstić information content (AvgIpc) is 2.53. The van der Waals surface area contributed by atoms with E-state index in [1.54, 1.807) is 24.3 Å². The smallest absolute Gasteiger partial charge is 0.328 e. The fourth-order valence-electron chi connectivity index (χ4n) is 2.44. The van der Waals surface area contributed by atoms with E-state index in [0.29, 0.717) is 11.4 Å². The van der Waals surface area contributed by atoms with Crippen LogP contribution >= 0.6 is 11.6 Å². The van der Waals surface area contributed by atoms with Crippen LogP contribution in [0.15, 0.2) is 24.3 Å². The van der Waals surface area contributed by atoms with Gasteiger partial charge in [-0.05, 0) is 24.0 Å². The minimum atomic E-state index is -0.888. The Hall–Kier alpha value is -2.08. The summed E-state index contributed by atoms with van der Waals surface area (Å²) in [6.07, 6.45) is 0.665. The van der Waals surface area contributed by atoms with E-state index < -0.39 is 24.0 Å². The highest BCUT2D eigenvalue weighted by atomic mass is 35.5. The maximum Gasteiger partial charge on any atom is 0.328 e. The number of carbonyl (C=O) groups excluding carboxylic acids is 3. The Labute approximate surface area is 153 Å². The zero-order chi connectivity index (χ0) is 19.0. The van der Waals surface area contributed by atoms with Crippen molar-refractivity contribution >= 4 is 29.4 Å². The quantitative estimate of drug-likeness (QED) is 0.688. The van der Waals surface area contributed by atoms with Crippen molar-refractivity contribution in [2.45, 2.75) is 45.7 Å². The summed E-state index contributed by atoms with van der Waals surface area (Å²) in [4.78, 5) is 36.0. The summed E-state index contributed by atoms with van der Waals surface area (Å²) >= 11 is 6.13. The summed E-state index contributed by atoms with van der Waals surface area (Å²) < 4.78 is 4.78. The summed E-state index contributed by atoms with van der Waals surface area (Å²) in [7, 11) is 1.26. The lowest BCUT2D eigenvalue weighted by Gasteiger charge is -2.23. The minimum Gasteiger partial charge on any atom is -0.467 e. The van der Waals surface area contributed by atoms with E-state index in [1.165, 1.54) is 14.0 Å². The van der Waals surface area contributed by atoms with E-state index >= 15 is 0 Å². The molecule has 2 N–H and O–H groups in total. The van der Waals surface area contributed by atoms with Gasteiger partial charge in [0.05, 0.1) is 7.11 Å². The summed E-state index contributed by atoms with van der Waals surface area (Å²) in [5, 5.41) is 5.79. The van der Waals surface area contributed by atoms with E-state index in [4.69, 9.17) is 16.3 Å². The number of esters is 1. The van der Waals surface area contributed by atoms with Crippen molar-refractivity contribution in [3.63, 3.8) is 0 Å². The Bertz CT molecular complexity index is 619. The second-order valence-corrected chi connectivity index (χ2v) is 6.67. The van der Waals surface area contributed by atoms with Gasteiger partial charge in [-0.2, -0.15) is 0 Å². The molecule has 0 unspecified atom stereocenters. The van der Waals surface area contributed by atoms with Gasteiger partial charge in [0.1, 0.15) is 12.1 Å². The monoisotopic (exact) mass is 368 g/mol. The maximum absolute atomic E-state index is 12.6. The predicted octanol–water partition coefficient (Wildman–Crippen LogP) is 2.09. The molecule has 0 fully saturated rings. The molecule has 0 aliphatic carbocycles. The molecule has 1 aromatic rings. The van der Waals surface area contributed by atoms with Crippen LogP contribution in [-0.4, -0.2) is 37.0 Å². The number of hydrogen-bond donors (Lipinski definition) is 2. The maximum atomic E-state index is 12.6. The molecule has 2 amide bonds. The molecule has 138 valence electrons. The Morgan fingerprint density at radius 2 is 1.76 bits per heavy atom. The second kappa shape index (κ2) is 10.0. The molecule has 7 heteroatoms. The fourth-order valence-corrected chi connectivity index (χ4v) is 2.65. The van der Waals surface area contributed by atoms with Crippen LogP contribution in [-0.2, 0) is 25.5 Å². The molecule has 0 radical (unpaired) electrons. The Morgan fingerprint density at radius 3 is 2.28 bits per heavy atom. The Kier molecular flexibility index (Phi) is 8.41. The third kappa shape index (κ3) is 7.13. The minimum absolute atomic E-state index is 0.197. The van der Waals surface area contributed by atoms with Gasteiger partial charge in [-0.3, -0.25) is 9.59 Å². The number of amides is 2. The molecule has 0 aliphatic rings. The molecule has 6 nitrogen and oxygen atoms in total. The van der Waals surface area contributed by atoms with E-state index in [1.807, 2.05) is 13.8 Å². The van der Waals surface area contributed by atoms with Gasteiger partial charge in [0.2, 0.25) is 11.8 Å². The van der Waals surface area contributed by atoms with Crippen molar-refractivity contribution in [2.75, 3.05) is 7.11 Å². The van der Waals surface area contributed by atoms with Gasteiger partial charge < -0.3 is 15.4 Å². The molecular formula is C18H25ClN2O4. The highest BCUT2D eigenvalue weighted by Crippen LogP contribution is 2.17. The zero-order valence-corrected chi connectivity index (χ0v) is 15.7. The molecule has 1 rings (SSSR count). The molecule has 25 heavy (non-hydrogen) atoms. The van der Waals surface area contributed by atoms with Crippen LogP contribution in [0.3, 0.4) is 0 Å². The largest absolute Gasteiger partial charge is 0.467 e. The van der Waals surface area contributed by atoms with Gasteiger partial charge in [-0.15, -0.1) is 0 Å². The van der Waals surface area contributed by atoms with Gasteiger partial charge in [0.15, 0.2) is 0 Å². The second-order valence-electron chi connectivity index (χ2n) is 6.26. The number of benzene rings is 1. The van der Waals surface area contributed by atoms with Crippen molar-refractivity contribution in [1.82, 2.24) is 10.6 Å². The van der Waals surface area contributed by atoms with E-state index in [9.17, 15) is 14.4 Å². The summed E-state index contributed by atoms with van der Waals surface area (Å²) in [6, 6.07) is 5.48. The average molecular weight is 369 g/mol. The van der Waals surface area contributed by atoms with Gasteiger partial charge in [-0.1, -0.05) is 43.6 Å². The van der Waals surface area contributed by atoms with Crippen LogP contribution in [0, 0.1) is 5.92 Å². The first kappa shape index (κ1) is 21.0. The lowest BCUT2D eigenvalue weighted by atomic mass is 10.0. The van der Waals surface area contributed by atoms with Crippen molar-refractivity contribution in [3.05, 3.63) is 34.9 Å². The number of rotatable bonds is 8. The first-order chi connectivity index (χ1) is 11.7. The number of methoxy groups -OCH3 is 1. The zero-order valence-electron chi connectivity index (χ0n) is 15.0. The molecule has 1 aromatic carbocycles. The van der Waals surface area contributed by atoms with Crippen molar-refractivity contribution in [1.29, 1.82) is 0 Å². The molecule has 0 spiro atoms. The number of halogens is 1. The van der Waals surface area contributed by atoms with Crippen molar-refractivity contribution < 1.29 is 19.1 Å². The SMILES string of the molecule is COC(=O)[C@H](Cc1ccccc1Cl)NC(=O)[C@H](CC(C)C)NC(C)=O. The summed E-state index contributed by atoms with van der Waals surface area (Å²) in [5.41, 5.74) is 0.722. The highest BCUT2D eigenvalue weighted by Gasteiger charge is 2.27. The Morgan fingerprint density at radius 1 is 1.12 bits per heavy atom. The molecule has 2 atom stereocenters. The topological polar surface area (TPSA) is 84.5 Å². The molecule has 0 aliphatic heterocycles. The first-order valence-corrected chi connectivity index (χ1v) is 8.51. The van der Waals surface area contributed by atoms with Crippen LogP contribution in [0.5, 0.6) is 0 Å². The van der Waals surface area contributed by atoms with E-state index in [0.717, 1.165) is 5.56 Å². The summed E-state index contributed by atoms with van der Waals surface area (Å²) in [6.45, 7) is 5.25. The van der Waals surface area contributed by atoms with Crippen LogP contribution in [0.1, 0.15) is 32.8 Å². The fraction of sp³-hybridized carbons (Fsp3) is 0.500. The normalized spacial score (nSPS) is 13.0. The molecule has 0 bridgehead atoms. The molecule has 0 saturated carbocycles. The number of ether oxygens (including phenoxy) is 1. The highest BCUT2D eigenvalue weighted by molar-refractivity contribution is 6.31. The molecule has 0 saturated heterocycles. The van der Waals surface area contributed by atoms with Gasteiger partial charge in [-0.25, -0.2) is 4.79 Å². The van der Waals surface area contributed by atoms with Crippen LogP contribution in [0.2, 0.25) is 5.02 Å². The third-order valence-corrected chi connectivity index (χ3v) is 3.95. The van der Waals surface area contributed by atoms with Gasteiger partial charge in [0, 0.05) is 18.4 Å². The van der Waals surface area contributed by atoms with E-state index in [-0.39, 0.29) is 18.2 Å². The van der Waals surface area contributed by atoms with Gasteiger partial charge in [0.25, 0.3) is 0 Å². The molecular weight excluding hydrogens is 344 g/mol. The van der Waals surface area contributed by atoms with Crippen molar-refractivity contribution in [3.8, 4) is 0 Å². The van der Waals surface area contributed by atoms with Crippen LogP contribution in [0.4, 0.5) is 0 Å². The number of nitrogens with one attached hydrogen (secondary N) is 2. The van der Waals surface area contributed by atoms with Crippen LogP contribution in [0.25, 0.3) is 0 Å².